The van der Waals surface area contributed by atoms with Gasteiger partial charge >= 0.3 is 0 Å². The molecule has 0 unspecified atom stereocenters. The van der Waals surface area contributed by atoms with Crippen LogP contribution in [0.2, 0.25) is 0 Å². The summed E-state index contributed by atoms with van der Waals surface area (Å²) in [6, 6.07) is 12.9. The van der Waals surface area contributed by atoms with Crippen LogP contribution in [-0.4, -0.2) is 17.1 Å². The predicted molar refractivity (Wildman–Crippen MR) is 82.1 cm³/mol. The lowest BCUT2D eigenvalue weighted by atomic mass is 10.1. The minimum atomic E-state index is -0.169. The van der Waals surface area contributed by atoms with Gasteiger partial charge in [0.2, 0.25) is 0 Å². The molecule has 0 aliphatic heterocycles. The Kier molecular flexibility index (Phi) is 3.28. The summed E-state index contributed by atoms with van der Waals surface area (Å²) in [5.41, 5.74) is 1.24. The number of fused-ring (bicyclic) bond motifs is 1. The molecule has 0 radical (unpaired) electrons. The number of nitrogens with zero attached hydrogens (tertiary/aromatic N) is 1. The van der Waals surface area contributed by atoms with E-state index in [9.17, 15) is 4.79 Å². The summed E-state index contributed by atoms with van der Waals surface area (Å²) in [5, 5.41) is 0.554. The number of aromatic nitrogens is 2. The summed E-state index contributed by atoms with van der Waals surface area (Å²) in [6.45, 7) is 0. The van der Waals surface area contributed by atoms with E-state index in [0.29, 0.717) is 22.5 Å². The van der Waals surface area contributed by atoms with Crippen LogP contribution in [-0.2, 0) is 0 Å². The van der Waals surface area contributed by atoms with Crippen LogP contribution < -0.4 is 10.3 Å². The van der Waals surface area contributed by atoms with Crippen LogP contribution >= 0.6 is 15.9 Å². The van der Waals surface area contributed by atoms with E-state index < -0.39 is 0 Å². The highest BCUT2D eigenvalue weighted by Crippen LogP contribution is 2.27. The number of H-pyrrole nitrogens is 1. The Morgan fingerprint density at radius 1 is 1.20 bits per heavy atom. The van der Waals surface area contributed by atoms with Gasteiger partial charge in [0.15, 0.2) is 0 Å². The van der Waals surface area contributed by atoms with E-state index >= 15 is 0 Å². The third kappa shape index (κ3) is 2.20. The first-order valence-corrected chi connectivity index (χ1v) is 6.81. The van der Waals surface area contributed by atoms with Gasteiger partial charge in [0, 0.05) is 4.47 Å². The zero-order valence-electron chi connectivity index (χ0n) is 10.7. The van der Waals surface area contributed by atoms with Gasteiger partial charge in [0.05, 0.1) is 23.6 Å². The number of halogens is 1. The molecule has 0 saturated carbocycles. The second-order valence-corrected chi connectivity index (χ2v) is 5.19. The minimum absolute atomic E-state index is 0.169. The van der Waals surface area contributed by atoms with Crippen molar-refractivity contribution in [2.24, 2.45) is 0 Å². The minimum Gasteiger partial charge on any atom is -0.496 e. The predicted octanol–water partition coefficient (Wildman–Crippen LogP) is 3.36. The molecule has 0 spiro atoms. The van der Waals surface area contributed by atoms with Gasteiger partial charge in [0.25, 0.3) is 5.56 Å². The second kappa shape index (κ2) is 5.09. The standard InChI is InChI=1S/C15H11BrN2O2/c1-20-13-5-3-2-4-10(13)14-17-12-7-6-9(16)8-11(12)15(19)18-14/h2-8H,1H3,(H,17,18,19). The van der Waals surface area contributed by atoms with Gasteiger partial charge in [-0.05, 0) is 30.3 Å². The molecule has 0 fully saturated rings. The number of para-hydroxylation sites is 1. The normalized spacial score (nSPS) is 10.7. The SMILES string of the molecule is COc1ccccc1-c1nc2ccc(Br)cc2c(=O)[nH]1. The molecule has 1 heterocycles. The van der Waals surface area contributed by atoms with Gasteiger partial charge in [-0.15, -0.1) is 0 Å². The first-order valence-electron chi connectivity index (χ1n) is 6.02. The molecule has 5 heteroatoms. The average Bonchev–Trinajstić information content (AvgIpc) is 2.47. The number of ether oxygens (including phenoxy) is 1. The fourth-order valence-corrected chi connectivity index (χ4v) is 2.44. The fraction of sp³-hybridized carbons (Fsp3) is 0.0667. The summed E-state index contributed by atoms with van der Waals surface area (Å²) in [5.74, 6) is 1.18. The van der Waals surface area contributed by atoms with Crippen molar-refractivity contribution in [3.05, 3.63) is 57.3 Å². The lowest BCUT2D eigenvalue weighted by Crippen LogP contribution is -2.09. The maximum atomic E-state index is 12.2. The molecule has 1 N–H and O–H groups in total. The molecule has 1 aromatic heterocycles. The molecule has 0 aliphatic rings. The van der Waals surface area contributed by atoms with E-state index in [2.05, 4.69) is 25.9 Å². The van der Waals surface area contributed by atoms with E-state index in [1.165, 1.54) is 0 Å². The van der Waals surface area contributed by atoms with Gasteiger partial charge in [0.1, 0.15) is 11.6 Å². The van der Waals surface area contributed by atoms with Gasteiger partial charge in [-0.25, -0.2) is 4.98 Å². The van der Waals surface area contributed by atoms with Crippen LogP contribution in [0, 0.1) is 0 Å². The first kappa shape index (κ1) is 12.9. The smallest absolute Gasteiger partial charge is 0.259 e. The van der Waals surface area contributed by atoms with Crippen LogP contribution in [0.15, 0.2) is 51.7 Å². The lowest BCUT2D eigenvalue weighted by Gasteiger charge is -2.08. The van der Waals surface area contributed by atoms with Crippen LogP contribution in [0.25, 0.3) is 22.3 Å². The molecular weight excluding hydrogens is 320 g/mol. The Morgan fingerprint density at radius 3 is 2.80 bits per heavy atom. The fourth-order valence-electron chi connectivity index (χ4n) is 2.08. The summed E-state index contributed by atoms with van der Waals surface area (Å²) < 4.78 is 6.15. The van der Waals surface area contributed by atoms with Crippen molar-refractivity contribution in [2.45, 2.75) is 0 Å². The van der Waals surface area contributed by atoms with Crippen LogP contribution in [0.1, 0.15) is 0 Å². The topological polar surface area (TPSA) is 55.0 Å². The molecular formula is C15H11BrN2O2. The Balaban J connectivity index is 2.28. The largest absolute Gasteiger partial charge is 0.496 e. The number of hydrogen-bond acceptors (Lipinski definition) is 3. The third-order valence-electron chi connectivity index (χ3n) is 3.03. The van der Waals surface area contributed by atoms with Crippen LogP contribution in [0.4, 0.5) is 0 Å². The molecule has 20 heavy (non-hydrogen) atoms. The van der Waals surface area contributed by atoms with Crippen molar-refractivity contribution in [1.29, 1.82) is 0 Å². The van der Waals surface area contributed by atoms with Gasteiger partial charge in [-0.2, -0.15) is 0 Å². The number of methoxy groups -OCH3 is 1. The Labute approximate surface area is 123 Å². The van der Waals surface area contributed by atoms with E-state index in [-0.39, 0.29) is 5.56 Å². The Bertz CT molecular complexity index is 843. The number of nitrogens with one attached hydrogen (secondary N) is 1. The first-order chi connectivity index (χ1) is 9.69. The number of hydrogen-bond donors (Lipinski definition) is 1. The third-order valence-corrected chi connectivity index (χ3v) is 3.52. The second-order valence-electron chi connectivity index (χ2n) is 4.28. The highest BCUT2D eigenvalue weighted by Gasteiger charge is 2.10. The molecule has 0 aliphatic carbocycles. The summed E-state index contributed by atoms with van der Waals surface area (Å²) >= 11 is 3.35. The van der Waals surface area contributed by atoms with Crippen molar-refractivity contribution in [3.63, 3.8) is 0 Å². The average molecular weight is 331 g/mol. The lowest BCUT2D eigenvalue weighted by molar-refractivity contribution is 0.416. The van der Waals surface area contributed by atoms with Gasteiger partial charge in [-0.3, -0.25) is 4.79 Å². The Morgan fingerprint density at radius 2 is 2.00 bits per heavy atom. The van der Waals surface area contributed by atoms with E-state index in [4.69, 9.17) is 4.74 Å². The zero-order valence-corrected chi connectivity index (χ0v) is 12.3. The quantitative estimate of drug-likeness (QED) is 0.783. The van der Waals surface area contributed by atoms with Gasteiger partial charge in [-0.1, -0.05) is 28.1 Å². The zero-order chi connectivity index (χ0) is 14.1. The van der Waals surface area contributed by atoms with Crippen LogP contribution in [0.3, 0.4) is 0 Å². The van der Waals surface area contributed by atoms with E-state index in [1.54, 1.807) is 13.2 Å². The highest BCUT2D eigenvalue weighted by molar-refractivity contribution is 9.10. The van der Waals surface area contributed by atoms with E-state index in [0.717, 1.165) is 10.0 Å². The summed E-state index contributed by atoms with van der Waals surface area (Å²) in [4.78, 5) is 19.5. The molecule has 3 rings (SSSR count). The highest BCUT2D eigenvalue weighted by atomic mass is 79.9. The van der Waals surface area contributed by atoms with Crippen molar-refractivity contribution in [1.82, 2.24) is 9.97 Å². The molecule has 0 amide bonds. The summed E-state index contributed by atoms with van der Waals surface area (Å²) in [6.07, 6.45) is 0. The molecule has 2 aromatic carbocycles. The molecule has 0 saturated heterocycles. The Hall–Kier alpha value is -2.14. The number of benzene rings is 2. The maximum Gasteiger partial charge on any atom is 0.259 e. The summed E-state index contributed by atoms with van der Waals surface area (Å²) in [7, 11) is 1.59. The van der Waals surface area contributed by atoms with Crippen molar-refractivity contribution >= 4 is 26.8 Å². The van der Waals surface area contributed by atoms with Crippen molar-refractivity contribution in [2.75, 3.05) is 7.11 Å². The molecule has 0 bridgehead atoms. The van der Waals surface area contributed by atoms with Crippen molar-refractivity contribution in [3.8, 4) is 17.1 Å². The monoisotopic (exact) mass is 330 g/mol. The van der Waals surface area contributed by atoms with Crippen molar-refractivity contribution < 1.29 is 4.74 Å². The maximum absolute atomic E-state index is 12.2. The van der Waals surface area contributed by atoms with Crippen LogP contribution in [0.5, 0.6) is 5.75 Å². The molecule has 0 atom stereocenters. The number of rotatable bonds is 2. The van der Waals surface area contributed by atoms with E-state index in [1.807, 2.05) is 36.4 Å². The van der Waals surface area contributed by atoms with Gasteiger partial charge < -0.3 is 9.72 Å². The molecule has 100 valence electrons. The molecule has 3 aromatic rings. The number of aromatic amines is 1. The molecule has 4 nitrogen and oxygen atoms in total.